The molecule has 7 heteroatoms. The van der Waals surface area contributed by atoms with Gasteiger partial charge in [-0.25, -0.2) is 0 Å². The minimum absolute atomic E-state index is 0.0635. The minimum Gasteiger partial charge on any atom is -0.497 e. The number of methoxy groups -OCH3 is 1. The van der Waals surface area contributed by atoms with Crippen LogP contribution in [0.4, 0.5) is 5.69 Å². The van der Waals surface area contributed by atoms with Gasteiger partial charge in [0.1, 0.15) is 11.8 Å². The zero-order chi connectivity index (χ0) is 21.6. The Balaban J connectivity index is 1.48. The zero-order valence-corrected chi connectivity index (χ0v) is 18.2. The molecule has 160 valence electrons. The van der Waals surface area contributed by atoms with Crippen LogP contribution < -0.4 is 10.1 Å². The zero-order valence-electron chi connectivity index (χ0n) is 17.4. The first-order chi connectivity index (χ1) is 15.2. The second-order valence-electron chi connectivity index (χ2n) is 7.34. The van der Waals surface area contributed by atoms with Crippen molar-refractivity contribution in [3.8, 4) is 5.75 Å². The van der Waals surface area contributed by atoms with Crippen LogP contribution in [0.25, 0.3) is 0 Å². The third kappa shape index (κ3) is 4.95. The van der Waals surface area contributed by atoms with Gasteiger partial charge in [-0.05, 0) is 41.3 Å². The Morgan fingerprint density at radius 1 is 0.935 bits per heavy atom. The van der Waals surface area contributed by atoms with E-state index < -0.39 is 6.04 Å². The molecule has 2 amide bonds. The molecule has 2 aromatic carbocycles. The highest BCUT2D eigenvalue weighted by atomic mass is 32.1. The number of thiophene rings is 1. The van der Waals surface area contributed by atoms with Gasteiger partial charge in [0.2, 0.25) is 5.91 Å². The molecule has 1 saturated heterocycles. The van der Waals surface area contributed by atoms with Crippen LogP contribution in [0.1, 0.15) is 21.3 Å². The van der Waals surface area contributed by atoms with Gasteiger partial charge in [0.25, 0.3) is 5.91 Å². The van der Waals surface area contributed by atoms with E-state index in [1.807, 2.05) is 77.0 Å². The Bertz CT molecular complexity index is 998. The van der Waals surface area contributed by atoms with Crippen LogP contribution in [0.3, 0.4) is 0 Å². The number of piperazine rings is 1. The highest BCUT2D eigenvalue weighted by molar-refractivity contribution is 7.12. The summed E-state index contributed by atoms with van der Waals surface area (Å²) in [4.78, 5) is 30.7. The van der Waals surface area contributed by atoms with Crippen LogP contribution in [0.15, 0.2) is 72.1 Å². The summed E-state index contributed by atoms with van der Waals surface area (Å²) in [6.07, 6.45) is 0. The lowest BCUT2D eigenvalue weighted by Crippen LogP contribution is -2.51. The number of amides is 2. The van der Waals surface area contributed by atoms with Crippen molar-refractivity contribution in [3.05, 3.63) is 82.6 Å². The molecule has 1 unspecified atom stereocenters. The van der Waals surface area contributed by atoms with Gasteiger partial charge in [-0.1, -0.05) is 36.4 Å². The summed E-state index contributed by atoms with van der Waals surface area (Å²) in [7, 11) is 1.61. The van der Waals surface area contributed by atoms with Crippen LogP contribution >= 0.6 is 11.3 Å². The summed E-state index contributed by atoms with van der Waals surface area (Å²) in [6, 6.07) is 20.4. The minimum atomic E-state index is -0.428. The van der Waals surface area contributed by atoms with Gasteiger partial charge >= 0.3 is 0 Å². The molecular weight excluding hydrogens is 410 g/mol. The smallest absolute Gasteiger partial charge is 0.264 e. The van der Waals surface area contributed by atoms with E-state index in [1.54, 1.807) is 7.11 Å². The third-order valence-electron chi connectivity index (χ3n) is 5.42. The van der Waals surface area contributed by atoms with Crippen LogP contribution in [0.5, 0.6) is 5.75 Å². The molecule has 6 nitrogen and oxygen atoms in total. The molecule has 0 bridgehead atoms. The maximum atomic E-state index is 13.3. The van der Waals surface area contributed by atoms with Crippen LogP contribution in [0, 0.1) is 0 Å². The number of carbonyl (C=O) groups is 2. The fraction of sp³-hybridized carbons (Fsp3) is 0.250. The van der Waals surface area contributed by atoms with Crippen molar-refractivity contribution < 1.29 is 14.3 Å². The summed E-state index contributed by atoms with van der Waals surface area (Å²) in [5.74, 6) is 0.715. The van der Waals surface area contributed by atoms with Crippen LogP contribution in [-0.2, 0) is 4.79 Å². The number of nitrogens with one attached hydrogen (secondary N) is 1. The molecule has 1 aliphatic rings. The van der Waals surface area contributed by atoms with Gasteiger partial charge in [-0.2, -0.15) is 0 Å². The number of anilines is 1. The molecule has 31 heavy (non-hydrogen) atoms. The van der Waals surface area contributed by atoms with Gasteiger partial charge in [0, 0.05) is 31.9 Å². The quantitative estimate of drug-likeness (QED) is 0.638. The van der Waals surface area contributed by atoms with E-state index in [1.165, 1.54) is 11.3 Å². The SMILES string of the molecule is COc1ccc(NC(=O)C(c2ccccc2)N2CCN(C(=O)c3cccs3)CC2)cc1. The highest BCUT2D eigenvalue weighted by Gasteiger charge is 2.32. The van der Waals surface area contributed by atoms with Crippen molar-refractivity contribution in [1.82, 2.24) is 9.80 Å². The van der Waals surface area contributed by atoms with Gasteiger partial charge in [0.15, 0.2) is 0 Å². The Hall–Kier alpha value is -3.16. The van der Waals surface area contributed by atoms with E-state index in [-0.39, 0.29) is 11.8 Å². The molecule has 1 aliphatic heterocycles. The first-order valence-electron chi connectivity index (χ1n) is 10.2. The van der Waals surface area contributed by atoms with Crippen molar-refractivity contribution in [2.75, 3.05) is 38.6 Å². The molecule has 1 aromatic heterocycles. The molecule has 4 rings (SSSR count). The highest BCUT2D eigenvalue weighted by Crippen LogP contribution is 2.25. The molecule has 3 aromatic rings. The number of benzene rings is 2. The normalized spacial score (nSPS) is 15.3. The fourth-order valence-electron chi connectivity index (χ4n) is 3.79. The summed E-state index contributed by atoms with van der Waals surface area (Å²) in [5, 5.41) is 4.95. The summed E-state index contributed by atoms with van der Waals surface area (Å²) >= 11 is 1.46. The number of nitrogens with zero attached hydrogens (tertiary/aromatic N) is 2. The maximum absolute atomic E-state index is 13.3. The molecular formula is C24H25N3O3S. The average molecular weight is 436 g/mol. The Kier molecular flexibility index (Phi) is 6.64. The van der Waals surface area contributed by atoms with Crippen LogP contribution in [-0.4, -0.2) is 54.9 Å². The van der Waals surface area contributed by atoms with E-state index in [2.05, 4.69) is 10.2 Å². The number of carbonyl (C=O) groups excluding carboxylic acids is 2. The molecule has 1 atom stereocenters. The summed E-state index contributed by atoms with van der Waals surface area (Å²) in [5.41, 5.74) is 1.66. The van der Waals surface area contributed by atoms with E-state index in [9.17, 15) is 9.59 Å². The Morgan fingerprint density at radius 3 is 2.26 bits per heavy atom. The first-order valence-corrected chi connectivity index (χ1v) is 11.1. The second-order valence-corrected chi connectivity index (χ2v) is 8.28. The van der Waals surface area contributed by atoms with Crippen molar-refractivity contribution in [2.45, 2.75) is 6.04 Å². The van der Waals surface area contributed by atoms with Gasteiger partial charge < -0.3 is 15.0 Å². The Labute approximate surface area is 186 Å². The molecule has 1 fully saturated rings. The monoisotopic (exact) mass is 435 g/mol. The predicted octanol–water partition coefficient (Wildman–Crippen LogP) is 3.89. The maximum Gasteiger partial charge on any atom is 0.264 e. The summed E-state index contributed by atoms with van der Waals surface area (Å²) in [6.45, 7) is 2.45. The van der Waals surface area contributed by atoms with E-state index >= 15 is 0 Å². The lowest BCUT2D eigenvalue weighted by Gasteiger charge is -2.38. The number of hydrogen-bond acceptors (Lipinski definition) is 5. The first kappa shape index (κ1) is 21.1. The topological polar surface area (TPSA) is 61.9 Å². The fourth-order valence-corrected chi connectivity index (χ4v) is 4.48. The molecule has 2 heterocycles. The Morgan fingerprint density at radius 2 is 1.65 bits per heavy atom. The number of hydrogen-bond donors (Lipinski definition) is 1. The van der Waals surface area contributed by atoms with E-state index in [0.717, 1.165) is 21.9 Å². The van der Waals surface area contributed by atoms with Crippen molar-refractivity contribution in [3.63, 3.8) is 0 Å². The molecule has 0 saturated carbocycles. The molecule has 0 aliphatic carbocycles. The van der Waals surface area contributed by atoms with Crippen molar-refractivity contribution >= 4 is 28.8 Å². The largest absolute Gasteiger partial charge is 0.497 e. The second kappa shape index (κ2) is 9.76. The molecule has 0 radical (unpaired) electrons. The van der Waals surface area contributed by atoms with Crippen LogP contribution in [0.2, 0.25) is 0 Å². The standard InChI is InChI=1S/C24H25N3O3S/c1-30-20-11-9-19(10-12-20)25-23(28)22(18-6-3-2-4-7-18)26-13-15-27(16-14-26)24(29)21-8-5-17-31-21/h2-12,17,22H,13-16H2,1H3,(H,25,28). The van der Waals surface area contributed by atoms with Gasteiger partial charge in [-0.15, -0.1) is 11.3 Å². The molecule has 1 N–H and O–H groups in total. The van der Waals surface area contributed by atoms with E-state index in [4.69, 9.17) is 4.74 Å². The predicted molar refractivity (Wildman–Crippen MR) is 123 cm³/mol. The van der Waals surface area contributed by atoms with Gasteiger partial charge in [-0.3, -0.25) is 14.5 Å². The molecule has 0 spiro atoms. The lowest BCUT2D eigenvalue weighted by atomic mass is 10.0. The third-order valence-corrected chi connectivity index (χ3v) is 6.28. The van der Waals surface area contributed by atoms with Crippen molar-refractivity contribution in [1.29, 1.82) is 0 Å². The average Bonchev–Trinajstić information content (AvgIpc) is 3.35. The van der Waals surface area contributed by atoms with Crippen molar-refractivity contribution in [2.24, 2.45) is 0 Å². The van der Waals surface area contributed by atoms with E-state index in [0.29, 0.717) is 26.2 Å². The lowest BCUT2D eigenvalue weighted by molar-refractivity contribution is -0.122. The number of rotatable bonds is 6. The van der Waals surface area contributed by atoms with Gasteiger partial charge in [0.05, 0.1) is 12.0 Å². The summed E-state index contributed by atoms with van der Waals surface area (Å²) < 4.78 is 5.19. The number of ether oxygens (including phenoxy) is 1.